The monoisotopic (exact) mass is 1170 g/mol. The summed E-state index contributed by atoms with van der Waals surface area (Å²) in [6.07, 6.45) is 8.99. The Labute approximate surface area is 536 Å². The third-order valence-corrected chi connectivity index (χ3v) is 23.0. The van der Waals surface area contributed by atoms with Gasteiger partial charge in [0.2, 0.25) is 0 Å². The minimum atomic E-state index is -0.445. The maximum absolute atomic E-state index is 4.95. The van der Waals surface area contributed by atoms with E-state index in [9.17, 15) is 0 Å². The van der Waals surface area contributed by atoms with Crippen LogP contribution in [0.2, 0.25) is 0 Å². The van der Waals surface area contributed by atoms with Gasteiger partial charge in [-0.2, -0.15) is 0 Å². The molecule has 7 aliphatic rings. The van der Waals surface area contributed by atoms with Crippen molar-refractivity contribution < 1.29 is 0 Å². The van der Waals surface area contributed by atoms with Gasteiger partial charge >= 0.3 is 0 Å². The molecule has 9 aromatic carbocycles. The van der Waals surface area contributed by atoms with Gasteiger partial charge in [0.25, 0.3) is 6.71 Å². The number of allylic oxidation sites excluding steroid dienone is 2. The fourth-order valence-corrected chi connectivity index (χ4v) is 17.6. The molecular weight excluding hydrogens is 1090 g/mol. The van der Waals surface area contributed by atoms with Crippen LogP contribution in [0.3, 0.4) is 0 Å². The zero-order valence-corrected chi connectivity index (χ0v) is 55.5. The van der Waals surface area contributed by atoms with E-state index in [4.69, 9.17) is 4.99 Å². The summed E-state index contributed by atoms with van der Waals surface area (Å²) in [4.78, 5) is 13.3. The Bertz CT molecular complexity index is 4630. The standard InChI is InChI=1S/C85H85BN4/c1-52-40-56(51-87-50-52)61-46-68-74-48-65(61)83(13)39-38-82(11,12)66-49-75-70(47-67(66)83)86-69-45-60(90(74)85(15)64-29-23-22-28-55(64)36-37-84(68,85)14)32-35-73(69)88(71-33-30-57(79(2,3)4)41-62(71)53-24-18-16-19-25-53)76-43-59(81(8,9)10)44-77(78(76)86)89(75)72-34-31-58(80(5,6)7)42-63(72)54-26-20-17-21-27-54/h16-35,41-51H,1,36-40H2,2-15H3. The maximum atomic E-state index is 4.95. The minimum absolute atomic E-state index is 0.0749. The van der Waals surface area contributed by atoms with Crippen molar-refractivity contribution in [3.63, 3.8) is 0 Å². The molecule has 0 radical (unpaired) electrons. The molecule has 5 aliphatic heterocycles. The number of aliphatic imine (C=N–C) groups is 1. The number of rotatable bonds is 5. The predicted octanol–water partition coefficient (Wildman–Crippen LogP) is 20.3. The zero-order chi connectivity index (χ0) is 62.6. The van der Waals surface area contributed by atoms with E-state index in [1.54, 1.807) is 0 Å². The molecule has 0 amide bonds. The maximum Gasteiger partial charge on any atom is 0.252 e. The third-order valence-electron chi connectivity index (χ3n) is 23.0. The van der Waals surface area contributed by atoms with Crippen molar-refractivity contribution in [1.82, 2.24) is 0 Å². The van der Waals surface area contributed by atoms with Gasteiger partial charge in [-0.05, 0) is 221 Å². The fourth-order valence-electron chi connectivity index (χ4n) is 17.6. The molecule has 0 saturated carbocycles. The van der Waals surface area contributed by atoms with Crippen molar-refractivity contribution in [3.8, 4) is 22.3 Å². The number of hydrogen-bond acceptors (Lipinski definition) is 4. The highest BCUT2D eigenvalue weighted by Crippen LogP contribution is 2.66. The topological polar surface area (TPSA) is 22.1 Å². The van der Waals surface area contributed by atoms with Crippen LogP contribution in [0.15, 0.2) is 199 Å². The Balaban J connectivity index is 1.10. The average molecular weight is 1170 g/mol. The van der Waals surface area contributed by atoms with Gasteiger partial charge < -0.3 is 14.7 Å². The molecule has 4 nitrogen and oxygen atoms in total. The number of hydrogen-bond donors (Lipinski definition) is 0. The summed E-state index contributed by atoms with van der Waals surface area (Å²) in [5.74, 6) is 0. The van der Waals surface area contributed by atoms with E-state index >= 15 is 0 Å². The summed E-state index contributed by atoms with van der Waals surface area (Å²) in [5, 5.41) is 0. The van der Waals surface area contributed by atoms with Crippen LogP contribution in [0.1, 0.15) is 178 Å². The summed E-state index contributed by atoms with van der Waals surface area (Å²) >= 11 is 0. The molecule has 0 spiro atoms. The van der Waals surface area contributed by atoms with Crippen molar-refractivity contribution in [1.29, 1.82) is 0 Å². The molecule has 5 heterocycles. The molecule has 90 heavy (non-hydrogen) atoms. The molecular formula is C85H85BN4. The van der Waals surface area contributed by atoms with Crippen LogP contribution in [0.25, 0.3) is 27.8 Å². The molecule has 6 bridgehead atoms. The van der Waals surface area contributed by atoms with Crippen molar-refractivity contribution in [3.05, 3.63) is 250 Å². The van der Waals surface area contributed by atoms with Gasteiger partial charge in [-0.3, -0.25) is 4.99 Å². The lowest BCUT2D eigenvalue weighted by molar-refractivity contribution is 0.245. The van der Waals surface area contributed by atoms with Gasteiger partial charge in [0.05, 0.1) is 16.9 Å². The van der Waals surface area contributed by atoms with Crippen molar-refractivity contribution >= 4 is 80.4 Å². The first-order valence-electron chi connectivity index (χ1n) is 33.3. The molecule has 0 N–H and O–H groups in total. The van der Waals surface area contributed by atoms with Crippen LogP contribution < -0.4 is 31.1 Å². The third kappa shape index (κ3) is 8.02. The Morgan fingerprint density at radius 3 is 1.63 bits per heavy atom. The molecule has 16 rings (SSSR count). The van der Waals surface area contributed by atoms with E-state index in [1.165, 1.54) is 145 Å². The quantitative estimate of drug-likeness (QED) is 0.160. The number of fused-ring (bicyclic) bond motifs is 9. The van der Waals surface area contributed by atoms with Crippen molar-refractivity contribution in [2.45, 2.75) is 167 Å². The SMILES string of the molecule is C=C1C=NC=C(c2cc3c4cc2C2(C)CCC(C)(C)c5cc6c(cc52)B2c5cc(ccc5N(c5ccc(C(C)(C)C)cc5-c5ccccc5)c5cc(C(C)(C)C)cc(c52)N6c2ccc(C(C)(C)C)cc2-c2ccccc2)N4C2(C)c4ccccc4CCC32C)C1. The molecule has 3 atom stereocenters. The lowest BCUT2D eigenvalue weighted by Crippen LogP contribution is -2.62. The minimum Gasteiger partial charge on any atom is -0.330 e. The van der Waals surface area contributed by atoms with Crippen LogP contribution in [0.4, 0.5) is 45.5 Å². The average Bonchev–Trinajstić information content (AvgIpc) is 1.32. The Kier molecular flexibility index (Phi) is 12.0. The van der Waals surface area contributed by atoms with E-state index in [0.717, 1.165) is 37.7 Å². The lowest BCUT2D eigenvalue weighted by Gasteiger charge is -2.52. The molecule has 0 fully saturated rings. The van der Waals surface area contributed by atoms with Gasteiger partial charge in [-0.15, -0.1) is 0 Å². The van der Waals surface area contributed by atoms with Crippen molar-refractivity contribution in [2.24, 2.45) is 4.99 Å². The number of benzene rings is 9. The second kappa shape index (κ2) is 19.1. The number of aryl methyl sites for hydroxylation is 1. The number of anilines is 8. The van der Waals surface area contributed by atoms with Crippen LogP contribution in [-0.4, -0.2) is 12.9 Å². The van der Waals surface area contributed by atoms with E-state index in [1.807, 2.05) is 6.21 Å². The largest absolute Gasteiger partial charge is 0.330 e. The van der Waals surface area contributed by atoms with Crippen LogP contribution in [0.5, 0.6) is 0 Å². The fraction of sp³-hybridized carbons (Fsp3) is 0.306. The Hall–Kier alpha value is -8.41. The Morgan fingerprint density at radius 1 is 0.456 bits per heavy atom. The molecule has 9 aromatic rings. The van der Waals surface area contributed by atoms with Crippen LogP contribution >= 0.6 is 0 Å². The highest BCUT2D eigenvalue weighted by atomic mass is 15.3. The highest BCUT2D eigenvalue weighted by molar-refractivity contribution is 7.00. The van der Waals surface area contributed by atoms with Crippen LogP contribution in [-0.2, 0) is 44.4 Å². The lowest BCUT2D eigenvalue weighted by atomic mass is 9.33. The number of nitrogens with zero attached hydrogens (tertiary/aromatic N) is 4. The molecule has 448 valence electrons. The van der Waals surface area contributed by atoms with E-state index in [2.05, 4.69) is 300 Å². The van der Waals surface area contributed by atoms with E-state index in [-0.39, 0.29) is 33.8 Å². The van der Waals surface area contributed by atoms with Gasteiger partial charge in [0.1, 0.15) is 0 Å². The summed E-state index contributed by atoms with van der Waals surface area (Å²) < 4.78 is 0. The van der Waals surface area contributed by atoms with E-state index in [0.29, 0.717) is 0 Å². The molecule has 0 aromatic heterocycles. The zero-order valence-electron chi connectivity index (χ0n) is 55.5. The van der Waals surface area contributed by atoms with Gasteiger partial charge in [-0.25, -0.2) is 0 Å². The first kappa shape index (κ1) is 56.8. The highest BCUT2D eigenvalue weighted by Gasteiger charge is 2.61. The first-order valence-corrected chi connectivity index (χ1v) is 33.3. The normalized spacial score (nSPS) is 21.4. The second-order valence-corrected chi connectivity index (χ2v) is 32.0. The predicted molar refractivity (Wildman–Crippen MR) is 384 cm³/mol. The molecule has 3 unspecified atom stereocenters. The van der Waals surface area contributed by atoms with Gasteiger partial charge in [-0.1, -0.05) is 200 Å². The molecule has 5 heteroatoms. The first-order chi connectivity index (χ1) is 42.8. The summed E-state index contributed by atoms with van der Waals surface area (Å²) in [5.41, 5.74) is 33.4. The molecule has 2 aliphatic carbocycles. The summed E-state index contributed by atoms with van der Waals surface area (Å²) in [6, 6.07) is 70.4. The Morgan fingerprint density at radius 2 is 1.02 bits per heavy atom. The second-order valence-electron chi connectivity index (χ2n) is 32.0. The van der Waals surface area contributed by atoms with E-state index < -0.39 is 11.0 Å². The van der Waals surface area contributed by atoms with Gasteiger partial charge in [0, 0.05) is 74.9 Å². The summed E-state index contributed by atoms with van der Waals surface area (Å²) in [7, 11) is 0. The van der Waals surface area contributed by atoms with Crippen LogP contribution in [0, 0.1) is 0 Å². The smallest absolute Gasteiger partial charge is 0.252 e. The summed E-state index contributed by atoms with van der Waals surface area (Å²) in [6.45, 7) is 38.6. The van der Waals surface area contributed by atoms with Gasteiger partial charge in [0.15, 0.2) is 0 Å². The van der Waals surface area contributed by atoms with Crippen molar-refractivity contribution in [2.75, 3.05) is 14.7 Å². The molecule has 0 saturated heterocycles.